The Morgan fingerprint density at radius 1 is 0.535 bits per heavy atom. The first kappa shape index (κ1) is 33.9. The van der Waals surface area contributed by atoms with Crippen LogP contribution in [0.1, 0.15) is 142 Å². The molecule has 7 nitrogen and oxygen atoms in total. The van der Waals surface area contributed by atoms with Crippen LogP contribution in [0.3, 0.4) is 0 Å². The molecule has 0 bridgehead atoms. The van der Waals surface area contributed by atoms with Crippen molar-refractivity contribution in [2.75, 3.05) is 0 Å². The number of hydrogen-bond donors (Lipinski definition) is 2. The minimum atomic E-state index is -1.10. The van der Waals surface area contributed by atoms with Crippen molar-refractivity contribution in [2.24, 2.45) is 0 Å². The zero-order chi connectivity index (χ0) is 30.7. The lowest BCUT2D eigenvalue weighted by Gasteiger charge is -2.09. The molecule has 0 aliphatic heterocycles. The second-order valence-corrected chi connectivity index (χ2v) is 11.6. The summed E-state index contributed by atoms with van der Waals surface area (Å²) in [7, 11) is 0. The van der Waals surface area contributed by atoms with Gasteiger partial charge in [-0.1, -0.05) is 110 Å². The van der Waals surface area contributed by atoms with Gasteiger partial charge in [-0.2, -0.15) is 0 Å². The lowest BCUT2D eigenvalue weighted by atomic mass is 10.0. The molecule has 0 saturated carbocycles. The van der Waals surface area contributed by atoms with Crippen LogP contribution in [0, 0.1) is 0 Å². The molecule has 0 unspecified atom stereocenters. The van der Waals surface area contributed by atoms with E-state index in [1.807, 2.05) is 12.1 Å². The van der Waals surface area contributed by atoms with Gasteiger partial charge in [0.1, 0.15) is 0 Å². The van der Waals surface area contributed by atoms with E-state index >= 15 is 0 Å². The number of carboxylic acids is 2. The average Bonchev–Trinajstić information content (AvgIpc) is 3.02. The van der Waals surface area contributed by atoms with E-state index in [4.69, 9.17) is 0 Å². The standard InChI is InChI=1S/C36H49N3O4/c1-2-3-4-5-6-7-8-9-10-11-12-13-14-15-16-17-18-19-28-20-22-37-31(24-28)33-26-30(36(42)43)27-34(39-33)32-25-29(35(40)41)21-23-38-32/h20-27H,2-19H2,1H3,(H,40,41)(H,42,43). The zero-order valence-corrected chi connectivity index (χ0v) is 25.9. The third-order valence-corrected chi connectivity index (χ3v) is 8.00. The molecule has 0 aromatic carbocycles. The molecule has 0 amide bonds. The number of carbonyl (C=O) groups is 2. The van der Waals surface area contributed by atoms with Crippen molar-refractivity contribution in [1.29, 1.82) is 0 Å². The van der Waals surface area contributed by atoms with Crippen molar-refractivity contribution in [2.45, 2.75) is 122 Å². The quantitative estimate of drug-likeness (QED) is 0.112. The molecule has 232 valence electrons. The summed E-state index contributed by atoms with van der Waals surface area (Å²) in [5.74, 6) is -2.18. The fraction of sp³-hybridized carbons (Fsp3) is 0.528. The molecule has 3 aromatic heterocycles. The SMILES string of the molecule is CCCCCCCCCCCCCCCCCCCc1ccnc(-c2cc(C(=O)O)cc(-c3cc(C(=O)O)ccn3)n2)c1. The minimum absolute atomic E-state index is 0.0443. The van der Waals surface area contributed by atoms with E-state index in [-0.39, 0.29) is 11.1 Å². The van der Waals surface area contributed by atoms with Crippen molar-refractivity contribution in [3.05, 3.63) is 65.5 Å². The predicted octanol–water partition coefficient (Wildman–Crippen LogP) is 9.80. The lowest BCUT2D eigenvalue weighted by Crippen LogP contribution is -2.02. The summed E-state index contributed by atoms with van der Waals surface area (Å²) >= 11 is 0. The monoisotopic (exact) mass is 587 g/mol. The highest BCUT2D eigenvalue weighted by Crippen LogP contribution is 2.25. The van der Waals surface area contributed by atoms with Gasteiger partial charge in [0.15, 0.2) is 0 Å². The zero-order valence-electron chi connectivity index (χ0n) is 25.9. The highest BCUT2D eigenvalue weighted by Gasteiger charge is 2.15. The smallest absolute Gasteiger partial charge is 0.335 e. The molecule has 3 rings (SSSR count). The lowest BCUT2D eigenvalue weighted by molar-refractivity contribution is 0.0686. The summed E-state index contributed by atoms with van der Waals surface area (Å²) in [5, 5.41) is 19.0. The summed E-state index contributed by atoms with van der Waals surface area (Å²) in [6.07, 6.45) is 27.0. The van der Waals surface area contributed by atoms with Gasteiger partial charge in [-0.05, 0) is 54.8 Å². The van der Waals surface area contributed by atoms with Crippen LogP contribution < -0.4 is 0 Å². The van der Waals surface area contributed by atoms with Gasteiger partial charge in [0.05, 0.1) is 33.9 Å². The highest BCUT2D eigenvalue weighted by atomic mass is 16.4. The number of hydrogen-bond acceptors (Lipinski definition) is 5. The Hall–Kier alpha value is -3.61. The van der Waals surface area contributed by atoms with Crippen molar-refractivity contribution in [3.63, 3.8) is 0 Å². The maximum Gasteiger partial charge on any atom is 0.335 e. The van der Waals surface area contributed by atoms with E-state index in [0.29, 0.717) is 22.8 Å². The summed E-state index contributed by atoms with van der Waals surface area (Å²) in [4.78, 5) is 36.5. The molecule has 2 N–H and O–H groups in total. The van der Waals surface area contributed by atoms with Gasteiger partial charge in [-0.3, -0.25) is 9.97 Å². The van der Waals surface area contributed by atoms with Crippen LogP contribution in [-0.4, -0.2) is 37.1 Å². The van der Waals surface area contributed by atoms with Gasteiger partial charge < -0.3 is 10.2 Å². The third kappa shape index (κ3) is 12.7. The predicted molar refractivity (Wildman–Crippen MR) is 172 cm³/mol. The van der Waals surface area contributed by atoms with Crippen LogP contribution in [0.15, 0.2) is 48.8 Å². The molecule has 0 saturated heterocycles. The van der Waals surface area contributed by atoms with Crippen LogP contribution in [0.4, 0.5) is 0 Å². The first-order chi connectivity index (χ1) is 21.0. The Morgan fingerprint density at radius 3 is 1.44 bits per heavy atom. The maximum atomic E-state index is 11.8. The number of unbranched alkanes of at least 4 members (excludes halogenated alkanes) is 16. The van der Waals surface area contributed by atoms with Crippen molar-refractivity contribution < 1.29 is 19.8 Å². The van der Waals surface area contributed by atoms with Crippen LogP contribution in [0.25, 0.3) is 22.8 Å². The molecule has 0 spiro atoms. The fourth-order valence-electron chi connectivity index (χ4n) is 5.44. The van der Waals surface area contributed by atoms with E-state index in [1.165, 1.54) is 133 Å². The van der Waals surface area contributed by atoms with Gasteiger partial charge in [0, 0.05) is 12.4 Å². The molecule has 0 radical (unpaired) electrons. The van der Waals surface area contributed by atoms with Crippen LogP contribution >= 0.6 is 0 Å². The third-order valence-electron chi connectivity index (χ3n) is 8.00. The number of nitrogens with zero attached hydrogens (tertiary/aromatic N) is 3. The summed E-state index contributed by atoms with van der Waals surface area (Å²) in [5.41, 5.74) is 2.83. The Kier molecular flexibility index (Phi) is 15.4. The second kappa shape index (κ2) is 19.6. The maximum absolute atomic E-state index is 11.8. The number of rotatable bonds is 22. The molecular formula is C36H49N3O4. The van der Waals surface area contributed by atoms with E-state index in [9.17, 15) is 19.8 Å². The van der Waals surface area contributed by atoms with Gasteiger partial charge in [-0.25, -0.2) is 14.6 Å². The van der Waals surface area contributed by atoms with Crippen LogP contribution in [-0.2, 0) is 6.42 Å². The summed E-state index contributed by atoms with van der Waals surface area (Å²) in [6.45, 7) is 2.27. The van der Waals surface area contributed by atoms with Gasteiger partial charge in [0.25, 0.3) is 0 Å². The van der Waals surface area contributed by atoms with Crippen LogP contribution in [0.5, 0.6) is 0 Å². The molecule has 3 heterocycles. The van der Waals surface area contributed by atoms with E-state index < -0.39 is 11.9 Å². The molecule has 0 atom stereocenters. The average molecular weight is 588 g/mol. The molecular weight excluding hydrogens is 538 g/mol. The summed E-state index contributed by atoms with van der Waals surface area (Å²) < 4.78 is 0. The Balaban J connectivity index is 1.38. The molecule has 0 aliphatic carbocycles. The molecule has 0 fully saturated rings. The molecule has 3 aromatic rings. The molecule has 7 heteroatoms. The Bertz CT molecular complexity index is 1280. The van der Waals surface area contributed by atoms with E-state index in [1.54, 1.807) is 6.20 Å². The first-order valence-electron chi connectivity index (χ1n) is 16.4. The number of carboxylic acid groups (broad SMARTS) is 2. The van der Waals surface area contributed by atoms with Gasteiger partial charge in [-0.15, -0.1) is 0 Å². The van der Waals surface area contributed by atoms with Crippen molar-refractivity contribution in [1.82, 2.24) is 15.0 Å². The van der Waals surface area contributed by atoms with E-state index in [0.717, 1.165) is 18.4 Å². The number of aromatic nitrogens is 3. The highest BCUT2D eigenvalue weighted by molar-refractivity contribution is 5.91. The number of aromatic carboxylic acids is 2. The number of aryl methyl sites for hydroxylation is 1. The minimum Gasteiger partial charge on any atom is -0.478 e. The first-order valence-corrected chi connectivity index (χ1v) is 16.4. The largest absolute Gasteiger partial charge is 0.478 e. The molecule has 43 heavy (non-hydrogen) atoms. The van der Waals surface area contributed by atoms with Crippen LogP contribution in [0.2, 0.25) is 0 Å². The normalized spacial score (nSPS) is 11.1. The van der Waals surface area contributed by atoms with Crippen molar-refractivity contribution >= 4 is 11.9 Å². The Morgan fingerprint density at radius 2 is 0.953 bits per heavy atom. The van der Waals surface area contributed by atoms with Gasteiger partial charge >= 0.3 is 11.9 Å². The summed E-state index contributed by atoms with van der Waals surface area (Å²) in [6, 6.07) is 9.64. The van der Waals surface area contributed by atoms with Gasteiger partial charge in [0.2, 0.25) is 0 Å². The fourth-order valence-corrected chi connectivity index (χ4v) is 5.44. The molecule has 0 aliphatic rings. The second-order valence-electron chi connectivity index (χ2n) is 11.6. The topological polar surface area (TPSA) is 113 Å². The van der Waals surface area contributed by atoms with Crippen molar-refractivity contribution in [3.8, 4) is 22.8 Å². The van der Waals surface area contributed by atoms with E-state index in [2.05, 4.69) is 21.9 Å². The Labute approximate surface area is 257 Å². The number of pyridine rings is 3.